The minimum atomic E-state index is -0.920. The van der Waals surface area contributed by atoms with E-state index in [1.807, 2.05) is 0 Å². The fourth-order valence-corrected chi connectivity index (χ4v) is 2.62. The molecule has 0 aliphatic heterocycles. The van der Waals surface area contributed by atoms with Gasteiger partial charge in [0.1, 0.15) is 0 Å². The SMILES string of the molecule is CCCCCCCC(=O)[O-].CCCCCCCC(=O)[O-].CCCCCCCC(=O)[O-].[Sn+3]. The molecule has 31 heavy (non-hydrogen) atoms. The van der Waals surface area contributed by atoms with Crippen LogP contribution in [0.5, 0.6) is 0 Å². The van der Waals surface area contributed by atoms with Gasteiger partial charge in [0.2, 0.25) is 0 Å². The molecule has 0 N–H and O–H groups in total. The minimum absolute atomic E-state index is 0. The molecule has 7 heteroatoms. The molecule has 0 atom stereocenters. The van der Waals surface area contributed by atoms with Crippen LogP contribution in [0.15, 0.2) is 0 Å². The van der Waals surface area contributed by atoms with Gasteiger partial charge >= 0.3 is 23.9 Å². The van der Waals surface area contributed by atoms with Gasteiger partial charge in [-0.15, -0.1) is 0 Å². The van der Waals surface area contributed by atoms with Gasteiger partial charge in [0.25, 0.3) is 0 Å². The van der Waals surface area contributed by atoms with Crippen molar-refractivity contribution in [1.29, 1.82) is 0 Å². The standard InChI is InChI=1S/3C8H16O2.Sn/c3*1-2-3-4-5-6-7-8(9)10;/h3*2-7H2,1H3,(H,9,10);/q;;;+3/p-3. The second-order valence-corrected chi connectivity index (χ2v) is 7.61. The van der Waals surface area contributed by atoms with Crippen LogP contribution in [-0.4, -0.2) is 41.8 Å². The van der Waals surface area contributed by atoms with Crippen LogP contribution in [0.4, 0.5) is 0 Å². The zero-order valence-corrected chi connectivity index (χ0v) is 23.0. The summed E-state index contributed by atoms with van der Waals surface area (Å²) in [5, 5.41) is 29.8. The number of aliphatic carboxylic acids is 3. The predicted molar refractivity (Wildman–Crippen MR) is 121 cm³/mol. The summed E-state index contributed by atoms with van der Waals surface area (Å²) < 4.78 is 0. The van der Waals surface area contributed by atoms with Gasteiger partial charge in [0.05, 0.1) is 0 Å². The maximum Gasteiger partial charge on any atom is 3.00 e. The third-order valence-corrected chi connectivity index (χ3v) is 4.45. The third kappa shape index (κ3) is 52.9. The van der Waals surface area contributed by atoms with Crippen molar-refractivity contribution in [2.45, 2.75) is 136 Å². The maximum atomic E-state index is 9.92. The smallest absolute Gasteiger partial charge is 0.550 e. The van der Waals surface area contributed by atoms with Crippen LogP contribution in [0.2, 0.25) is 0 Å². The molecule has 181 valence electrons. The molecular weight excluding hydrogens is 503 g/mol. The minimum Gasteiger partial charge on any atom is -0.550 e. The van der Waals surface area contributed by atoms with E-state index in [-0.39, 0.29) is 43.2 Å². The van der Waals surface area contributed by atoms with Crippen LogP contribution in [0.1, 0.15) is 136 Å². The monoisotopic (exact) mass is 549 g/mol. The molecule has 0 bridgehead atoms. The summed E-state index contributed by atoms with van der Waals surface area (Å²) in [6.45, 7) is 6.41. The van der Waals surface area contributed by atoms with E-state index in [4.69, 9.17) is 0 Å². The molecule has 0 aliphatic rings. The van der Waals surface area contributed by atoms with Gasteiger partial charge in [-0.1, -0.05) is 97.8 Å². The van der Waals surface area contributed by atoms with E-state index in [2.05, 4.69) is 20.8 Å². The molecule has 0 saturated heterocycles. The van der Waals surface area contributed by atoms with Crippen LogP contribution >= 0.6 is 0 Å². The van der Waals surface area contributed by atoms with Crippen molar-refractivity contribution in [1.82, 2.24) is 0 Å². The van der Waals surface area contributed by atoms with E-state index in [1.54, 1.807) is 0 Å². The van der Waals surface area contributed by atoms with Crippen LogP contribution in [-0.2, 0) is 14.4 Å². The van der Waals surface area contributed by atoms with Crippen molar-refractivity contribution < 1.29 is 29.7 Å². The quantitative estimate of drug-likeness (QED) is 0.192. The Bertz CT molecular complexity index is 331. The molecule has 0 heterocycles. The third-order valence-electron chi connectivity index (χ3n) is 4.45. The number of hydrogen-bond acceptors (Lipinski definition) is 6. The molecule has 0 fully saturated rings. The molecular formula is C24H45O6Sn. The molecule has 0 rings (SSSR count). The molecule has 0 spiro atoms. The average molecular weight is 548 g/mol. The number of hydrogen-bond donors (Lipinski definition) is 0. The molecule has 0 amide bonds. The Morgan fingerprint density at radius 1 is 0.419 bits per heavy atom. The van der Waals surface area contributed by atoms with E-state index >= 15 is 0 Å². The Morgan fingerprint density at radius 3 is 0.774 bits per heavy atom. The normalized spacial score (nSPS) is 9.39. The van der Waals surface area contributed by atoms with Crippen molar-refractivity contribution in [3.8, 4) is 0 Å². The number of carboxylic acids is 3. The van der Waals surface area contributed by atoms with E-state index in [0.29, 0.717) is 0 Å². The fourth-order valence-electron chi connectivity index (χ4n) is 2.62. The van der Waals surface area contributed by atoms with Crippen molar-refractivity contribution >= 4 is 41.8 Å². The first-order valence-corrected chi connectivity index (χ1v) is 11.9. The zero-order valence-electron chi connectivity index (χ0n) is 20.2. The Labute approximate surface area is 207 Å². The van der Waals surface area contributed by atoms with Gasteiger partial charge < -0.3 is 29.7 Å². The van der Waals surface area contributed by atoms with E-state index in [9.17, 15) is 29.7 Å². The summed E-state index contributed by atoms with van der Waals surface area (Å²) >= 11 is 0. The Morgan fingerprint density at radius 2 is 0.613 bits per heavy atom. The fraction of sp³-hybridized carbons (Fsp3) is 0.875. The van der Waals surface area contributed by atoms with Crippen LogP contribution in [0.3, 0.4) is 0 Å². The summed E-state index contributed by atoms with van der Waals surface area (Å²) in [4.78, 5) is 29.8. The molecule has 0 aromatic heterocycles. The molecule has 0 aliphatic carbocycles. The molecule has 6 nitrogen and oxygen atoms in total. The number of unbranched alkanes of at least 4 members (excludes halogenated alkanes) is 12. The largest absolute Gasteiger partial charge is 3.00 e. The number of rotatable bonds is 18. The first kappa shape index (κ1) is 37.5. The zero-order chi connectivity index (χ0) is 23.5. The van der Waals surface area contributed by atoms with Gasteiger partial charge in [-0.25, -0.2) is 0 Å². The average Bonchev–Trinajstić information content (AvgIpc) is 2.68. The van der Waals surface area contributed by atoms with E-state index in [1.165, 1.54) is 38.5 Å². The summed E-state index contributed by atoms with van der Waals surface area (Å²) in [7, 11) is 0. The maximum absolute atomic E-state index is 9.92. The van der Waals surface area contributed by atoms with Gasteiger partial charge in [0, 0.05) is 17.9 Å². The number of carbonyl (C=O) groups excluding carboxylic acids is 3. The van der Waals surface area contributed by atoms with Crippen molar-refractivity contribution in [2.75, 3.05) is 0 Å². The molecule has 0 aromatic rings. The van der Waals surface area contributed by atoms with E-state index in [0.717, 1.165) is 57.8 Å². The van der Waals surface area contributed by atoms with E-state index < -0.39 is 17.9 Å². The van der Waals surface area contributed by atoms with Gasteiger partial charge in [0.15, 0.2) is 0 Å². The molecule has 0 aromatic carbocycles. The first-order chi connectivity index (χ1) is 14.3. The second-order valence-electron chi connectivity index (χ2n) is 7.61. The van der Waals surface area contributed by atoms with Gasteiger partial charge in [-0.3, -0.25) is 0 Å². The summed E-state index contributed by atoms with van der Waals surface area (Å²) in [5.41, 5.74) is 0. The molecule has 1 radical (unpaired) electrons. The Hall–Kier alpha value is -0.791. The summed E-state index contributed by atoms with van der Waals surface area (Å²) in [5.74, 6) is -2.76. The predicted octanol–water partition coefficient (Wildman–Crippen LogP) is 2.91. The second kappa shape index (κ2) is 33.8. The summed E-state index contributed by atoms with van der Waals surface area (Å²) in [6.07, 6.45) is 16.8. The number of carbonyl (C=O) groups is 3. The topological polar surface area (TPSA) is 120 Å². The van der Waals surface area contributed by atoms with Crippen molar-refractivity contribution in [3.05, 3.63) is 0 Å². The van der Waals surface area contributed by atoms with Gasteiger partial charge in [-0.2, -0.15) is 0 Å². The van der Waals surface area contributed by atoms with Crippen LogP contribution < -0.4 is 15.3 Å². The molecule has 0 saturated carbocycles. The van der Waals surface area contributed by atoms with Crippen LogP contribution in [0.25, 0.3) is 0 Å². The molecule has 0 unspecified atom stereocenters. The van der Waals surface area contributed by atoms with Crippen molar-refractivity contribution in [2.24, 2.45) is 0 Å². The Kier molecular flexibility index (Phi) is 41.0. The Balaban J connectivity index is -0.000000174. The van der Waals surface area contributed by atoms with Crippen molar-refractivity contribution in [3.63, 3.8) is 0 Å². The first-order valence-electron chi connectivity index (χ1n) is 11.9. The van der Waals surface area contributed by atoms with Crippen LogP contribution in [0, 0.1) is 0 Å². The number of carboxylic acid groups (broad SMARTS) is 3. The van der Waals surface area contributed by atoms with Gasteiger partial charge in [-0.05, 0) is 38.5 Å². The summed E-state index contributed by atoms with van der Waals surface area (Å²) in [6, 6.07) is 0.